The predicted octanol–water partition coefficient (Wildman–Crippen LogP) is 3.57. The van der Waals surface area contributed by atoms with Gasteiger partial charge in [0.05, 0.1) is 0 Å². The fourth-order valence-electron chi connectivity index (χ4n) is 2.97. The van der Waals surface area contributed by atoms with Gasteiger partial charge in [-0.3, -0.25) is 9.80 Å². The van der Waals surface area contributed by atoms with Crippen molar-refractivity contribution in [1.82, 2.24) is 10.6 Å². The van der Waals surface area contributed by atoms with Crippen molar-refractivity contribution in [1.29, 1.82) is 0 Å². The Bertz CT molecular complexity index is 742. The van der Waals surface area contributed by atoms with Crippen molar-refractivity contribution in [3.8, 4) is 0 Å². The van der Waals surface area contributed by atoms with Crippen LogP contribution in [0, 0.1) is 0 Å². The molecule has 0 spiro atoms. The fraction of sp³-hybridized carbons (Fsp3) is 0.125. The normalized spacial score (nSPS) is 22.4. The van der Waals surface area contributed by atoms with Crippen LogP contribution in [0.25, 0.3) is 0 Å². The van der Waals surface area contributed by atoms with Gasteiger partial charge in [0, 0.05) is 21.4 Å². The molecule has 2 heterocycles. The lowest BCUT2D eigenvalue weighted by molar-refractivity contribution is 0.250. The Morgan fingerprint density at radius 3 is 1.79 bits per heavy atom. The van der Waals surface area contributed by atoms with Gasteiger partial charge in [-0.15, -0.1) is 0 Å². The zero-order valence-corrected chi connectivity index (χ0v) is 14.6. The molecule has 2 aliphatic rings. The zero-order valence-electron chi connectivity index (χ0n) is 12.2. The molecule has 0 aliphatic carbocycles. The molecule has 122 valence electrons. The first-order valence-corrected chi connectivity index (χ1v) is 8.41. The lowest BCUT2D eigenvalue weighted by Crippen LogP contribution is -2.43. The number of hydrogen-bond acceptors (Lipinski definition) is 2. The number of anilines is 2. The van der Waals surface area contributed by atoms with Crippen LogP contribution in [-0.4, -0.2) is 23.5 Å². The van der Waals surface area contributed by atoms with Crippen LogP contribution in [0.1, 0.15) is 0 Å². The summed E-state index contributed by atoms with van der Waals surface area (Å²) in [4.78, 5) is 16.0. The first-order valence-electron chi connectivity index (χ1n) is 7.25. The highest BCUT2D eigenvalue weighted by molar-refractivity contribution is 7.80. The van der Waals surface area contributed by atoms with E-state index >= 15 is 0 Å². The molecule has 24 heavy (non-hydrogen) atoms. The summed E-state index contributed by atoms with van der Waals surface area (Å²) in [5.41, 5.74) is 1.61. The third-order valence-electron chi connectivity index (χ3n) is 4.05. The predicted molar refractivity (Wildman–Crippen MR) is 99.7 cm³/mol. The van der Waals surface area contributed by atoms with Gasteiger partial charge in [-0.05, 0) is 60.7 Å². The summed E-state index contributed by atoms with van der Waals surface area (Å²) in [7, 11) is 0. The molecule has 0 radical (unpaired) electrons. The van der Waals surface area contributed by atoms with E-state index < -0.39 is 0 Å². The monoisotopic (exact) mass is 378 g/mol. The lowest BCUT2D eigenvalue weighted by Gasteiger charge is -2.23. The molecule has 5 nitrogen and oxygen atoms in total. The van der Waals surface area contributed by atoms with Gasteiger partial charge in [-0.25, -0.2) is 4.79 Å². The minimum absolute atomic E-state index is 0.193. The minimum Gasteiger partial charge on any atom is -0.338 e. The summed E-state index contributed by atoms with van der Waals surface area (Å²) < 4.78 is 0. The Kier molecular flexibility index (Phi) is 3.75. The van der Waals surface area contributed by atoms with Gasteiger partial charge >= 0.3 is 6.03 Å². The highest BCUT2D eigenvalue weighted by Crippen LogP contribution is 2.31. The zero-order chi connectivity index (χ0) is 16.8. The Morgan fingerprint density at radius 1 is 0.792 bits per heavy atom. The number of fused-ring (bicyclic) bond motifs is 1. The van der Waals surface area contributed by atoms with E-state index in [1.54, 1.807) is 41.3 Å². The van der Waals surface area contributed by atoms with E-state index in [1.807, 2.05) is 17.0 Å². The largest absolute Gasteiger partial charge is 0.338 e. The molecule has 8 heteroatoms. The summed E-state index contributed by atoms with van der Waals surface area (Å²) in [5, 5.41) is 7.99. The summed E-state index contributed by atoms with van der Waals surface area (Å²) in [6, 6.07) is 14.2. The number of benzene rings is 2. The van der Waals surface area contributed by atoms with Crippen LogP contribution in [0.3, 0.4) is 0 Å². The molecule has 2 unspecified atom stereocenters. The fourth-order valence-corrected chi connectivity index (χ4v) is 3.56. The van der Waals surface area contributed by atoms with Crippen LogP contribution in [0.15, 0.2) is 48.5 Å². The first-order chi connectivity index (χ1) is 11.5. The van der Waals surface area contributed by atoms with Crippen molar-refractivity contribution < 1.29 is 4.79 Å². The second kappa shape index (κ2) is 5.81. The van der Waals surface area contributed by atoms with E-state index in [9.17, 15) is 4.79 Å². The molecule has 4 rings (SSSR count). The summed E-state index contributed by atoms with van der Waals surface area (Å²) in [6.07, 6.45) is -0.608. The maximum absolute atomic E-state index is 12.5. The molecule has 2 amide bonds. The SMILES string of the molecule is O=C1NC2C(NC(=S)N2c2ccc(Cl)cc2)N1c1ccc(Cl)cc1. The third-order valence-corrected chi connectivity index (χ3v) is 4.86. The van der Waals surface area contributed by atoms with E-state index in [0.717, 1.165) is 11.4 Å². The molecule has 2 aromatic carbocycles. The Hall–Kier alpha value is -2.02. The second-order valence-corrected chi connectivity index (χ2v) is 6.74. The van der Waals surface area contributed by atoms with Crippen molar-refractivity contribution in [2.45, 2.75) is 12.3 Å². The number of halogens is 2. The van der Waals surface area contributed by atoms with E-state index in [4.69, 9.17) is 35.4 Å². The summed E-state index contributed by atoms with van der Waals surface area (Å²) in [5.74, 6) is 0. The van der Waals surface area contributed by atoms with E-state index in [-0.39, 0.29) is 18.4 Å². The number of hydrogen-bond donors (Lipinski definition) is 2. The molecule has 0 aromatic heterocycles. The number of carbonyl (C=O) groups is 1. The maximum Gasteiger partial charge on any atom is 0.325 e. The van der Waals surface area contributed by atoms with Crippen LogP contribution in [0.5, 0.6) is 0 Å². The van der Waals surface area contributed by atoms with Crippen molar-refractivity contribution in [2.24, 2.45) is 0 Å². The number of nitrogens with one attached hydrogen (secondary N) is 2. The first kappa shape index (κ1) is 15.5. The van der Waals surface area contributed by atoms with Crippen LogP contribution in [0.4, 0.5) is 16.2 Å². The molecular formula is C16H12Cl2N4OS. The van der Waals surface area contributed by atoms with Crippen LogP contribution >= 0.6 is 35.4 Å². The van der Waals surface area contributed by atoms with Crippen LogP contribution < -0.4 is 20.4 Å². The van der Waals surface area contributed by atoms with E-state index in [2.05, 4.69) is 10.6 Å². The molecule has 2 atom stereocenters. The van der Waals surface area contributed by atoms with E-state index in [0.29, 0.717) is 15.2 Å². The van der Waals surface area contributed by atoms with Crippen LogP contribution in [0.2, 0.25) is 10.0 Å². The van der Waals surface area contributed by atoms with Gasteiger partial charge in [0.25, 0.3) is 0 Å². The topological polar surface area (TPSA) is 47.6 Å². The molecule has 2 N–H and O–H groups in total. The number of rotatable bonds is 2. The molecule has 2 saturated heterocycles. The second-order valence-electron chi connectivity index (χ2n) is 5.48. The minimum atomic E-state index is -0.304. The number of thiocarbonyl (C=S) groups is 1. The molecule has 0 saturated carbocycles. The standard InChI is InChI=1S/C16H12Cl2N4OS/c17-9-1-5-11(6-2-9)21-14-13(19-15(21)23)22(16(24)20-14)12-7-3-10(18)4-8-12/h1-8,13-14H,(H,19,23)(H,20,24). The average Bonchev–Trinajstić information content (AvgIpc) is 3.02. The van der Waals surface area contributed by atoms with Crippen molar-refractivity contribution in [2.75, 3.05) is 9.80 Å². The van der Waals surface area contributed by atoms with Crippen molar-refractivity contribution >= 4 is 57.9 Å². The Balaban J connectivity index is 1.67. The highest BCUT2D eigenvalue weighted by atomic mass is 35.5. The van der Waals surface area contributed by atoms with E-state index in [1.165, 1.54) is 0 Å². The third kappa shape index (κ3) is 2.47. The smallest absolute Gasteiger partial charge is 0.325 e. The number of carbonyl (C=O) groups excluding carboxylic acids is 1. The highest BCUT2D eigenvalue weighted by Gasteiger charge is 2.49. The molecule has 2 aromatic rings. The van der Waals surface area contributed by atoms with Crippen molar-refractivity contribution in [3.05, 3.63) is 58.6 Å². The summed E-state index contributed by atoms with van der Waals surface area (Å²) >= 11 is 17.3. The number of nitrogens with zero attached hydrogens (tertiary/aromatic N) is 2. The summed E-state index contributed by atoms with van der Waals surface area (Å²) in [6.45, 7) is 0. The van der Waals surface area contributed by atoms with Gasteiger partial charge < -0.3 is 10.6 Å². The van der Waals surface area contributed by atoms with Gasteiger partial charge in [-0.1, -0.05) is 23.2 Å². The number of urea groups is 1. The maximum atomic E-state index is 12.5. The average molecular weight is 379 g/mol. The van der Waals surface area contributed by atoms with Gasteiger partial charge in [-0.2, -0.15) is 0 Å². The van der Waals surface area contributed by atoms with Crippen molar-refractivity contribution in [3.63, 3.8) is 0 Å². The Morgan fingerprint density at radius 2 is 1.25 bits per heavy atom. The van der Waals surface area contributed by atoms with Gasteiger partial charge in [0.15, 0.2) is 5.11 Å². The van der Waals surface area contributed by atoms with Gasteiger partial charge in [0.2, 0.25) is 0 Å². The lowest BCUT2D eigenvalue weighted by atomic mass is 10.2. The van der Waals surface area contributed by atoms with Crippen LogP contribution in [-0.2, 0) is 0 Å². The number of amides is 2. The van der Waals surface area contributed by atoms with Gasteiger partial charge in [0.1, 0.15) is 12.3 Å². The Labute approximate surface area is 154 Å². The molecule has 2 fully saturated rings. The molecule has 0 bridgehead atoms. The molecular weight excluding hydrogens is 367 g/mol. The molecule has 2 aliphatic heterocycles. The quantitative estimate of drug-likeness (QED) is 0.784.